The van der Waals surface area contributed by atoms with Gasteiger partial charge in [0.05, 0.1) is 6.42 Å². The summed E-state index contributed by atoms with van der Waals surface area (Å²) >= 11 is 0. The van der Waals surface area contributed by atoms with Gasteiger partial charge >= 0.3 is 5.97 Å². The minimum Gasteiger partial charge on any atom is -0.481 e. The topological polar surface area (TPSA) is 66.3 Å². The van der Waals surface area contributed by atoms with Gasteiger partial charge in [0.15, 0.2) is 0 Å². The van der Waals surface area contributed by atoms with Gasteiger partial charge in [0, 0.05) is 24.0 Å². The van der Waals surface area contributed by atoms with Gasteiger partial charge in [-0.1, -0.05) is 0 Å². The van der Waals surface area contributed by atoms with Crippen molar-refractivity contribution in [3.63, 3.8) is 0 Å². The highest BCUT2D eigenvalue weighted by Crippen LogP contribution is 2.24. The van der Waals surface area contributed by atoms with Gasteiger partial charge in [-0.3, -0.25) is 4.79 Å². The number of carbonyl (C=O) groups is 1. The molecule has 2 rings (SSSR count). The van der Waals surface area contributed by atoms with E-state index in [0.29, 0.717) is 5.95 Å². The van der Waals surface area contributed by atoms with Crippen LogP contribution in [0.2, 0.25) is 0 Å². The molecule has 1 N–H and O–H groups in total. The Kier molecular flexibility index (Phi) is 3.26. The first-order valence-corrected chi connectivity index (χ1v) is 5.87. The molecule has 0 aliphatic carbocycles. The van der Waals surface area contributed by atoms with Crippen LogP contribution in [0.1, 0.15) is 30.7 Å². The zero-order chi connectivity index (χ0) is 12.4. The second-order valence-corrected chi connectivity index (χ2v) is 4.54. The molecule has 5 nitrogen and oxygen atoms in total. The second-order valence-electron chi connectivity index (χ2n) is 4.54. The SMILES string of the molecule is Cc1cc(C)nc(N2CCCC2CC(=O)O)n1. The number of anilines is 1. The highest BCUT2D eigenvalue weighted by atomic mass is 16.4. The second kappa shape index (κ2) is 4.69. The zero-order valence-corrected chi connectivity index (χ0v) is 10.2. The predicted octanol–water partition coefficient (Wildman–Crippen LogP) is 1.54. The summed E-state index contributed by atoms with van der Waals surface area (Å²) < 4.78 is 0. The van der Waals surface area contributed by atoms with E-state index in [1.165, 1.54) is 0 Å². The van der Waals surface area contributed by atoms with E-state index >= 15 is 0 Å². The van der Waals surface area contributed by atoms with Crippen LogP contribution in [0.25, 0.3) is 0 Å². The number of carboxylic acid groups (broad SMARTS) is 1. The maximum Gasteiger partial charge on any atom is 0.305 e. The van der Waals surface area contributed by atoms with Gasteiger partial charge in [-0.15, -0.1) is 0 Å². The Hall–Kier alpha value is -1.65. The predicted molar refractivity (Wildman–Crippen MR) is 64.1 cm³/mol. The monoisotopic (exact) mass is 235 g/mol. The fraction of sp³-hybridized carbons (Fsp3) is 0.583. The first-order valence-electron chi connectivity index (χ1n) is 5.87. The summed E-state index contributed by atoms with van der Waals surface area (Å²) in [7, 11) is 0. The largest absolute Gasteiger partial charge is 0.481 e. The van der Waals surface area contributed by atoms with Gasteiger partial charge in [0.2, 0.25) is 5.95 Å². The third-order valence-corrected chi connectivity index (χ3v) is 3.01. The van der Waals surface area contributed by atoms with E-state index in [1.807, 2.05) is 24.8 Å². The Labute approximate surface area is 100 Å². The molecule has 0 bridgehead atoms. The first kappa shape index (κ1) is 11.8. The molecule has 0 spiro atoms. The number of rotatable bonds is 3. The highest BCUT2D eigenvalue weighted by Gasteiger charge is 2.28. The summed E-state index contributed by atoms with van der Waals surface area (Å²) in [6.07, 6.45) is 2.08. The zero-order valence-electron chi connectivity index (χ0n) is 10.2. The molecule has 92 valence electrons. The fourth-order valence-corrected chi connectivity index (χ4v) is 2.35. The summed E-state index contributed by atoms with van der Waals surface area (Å²) in [4.78, 5) is 21.6. The van der Waals surface area contributed by atoms with E-state index in [1.54, 1.807) is 0 Å². The molecule has 1 aromatic rings. The van der Waals surface area contributed by atoms with Crippen LogP contribution < -0.4 is 4.90 Å². The number of carboxylic acids is 1. The van der Waals surface area contributed by atoms with Gasteiger partial charge in [-0.25, -0.2) is 9.97 Å². The Morgan fingerprint density at radius 2 is 2.12 bits per heavy atom. The maximum absolute atomic E-state index is 10.8. The number of nitrogens with zero attached hydrogens (tertiary/aromatic N) is 3. The molecule has 1 saturated heterocycles. The molecule has 1 aromatic heterocycles. The molecular formula is C12H17N3O2. The molecule has 2 heterocycles. The standard InChI is InChI=1S/C12H17N3O2/c1-8-6-9(2)14-12(13-8)15-5-3-4-10(15)7-11(16)17/h6,10H,3-5,7H2,1-2H3,(H,16,17). The summed E-state index contributed by atoms with van der Waals surface area (Å²) in [6.45, 7) is 4.71. The molecule has 1 unspecified atom stereocenters. The molecular weight excluding hydrogens is 218 g/mol. The Morgan fingerprint density at radius 3 is 2.71 bits per heavy atom. The van der Waals surface area contributed by atoms with Crippen LogP contribution in [0.4, 0.5) is 5.95 Å². The summed E-state index contributed by atoms with van der Waals surface area (Å²) in [5.41, 5.74) is 1.85. The molecule has 1 fully saturated rings. The Morgan fingerprint density at radius 1 is 1.47 bits per heavy atom. The third-order valence-electron chi connectivity index (χ3n) is 3.01. The van der Waals surface area contributed by atoms with E-state index in [2.05, 4.69) is 9.97 Å². The molecule has 1 atom stereocenters. The van der Waals surface area contributed by atoms with Crippen LogP contribution in [0.5, 0.6) is 0 Å². The summed E-state index contributed by atoms with van der Waals surface area (Å²) in [6, 6.07) is 1.96. The van der Waals surface area contributed by atoms with Crippen molar-refractivity contribution in [2.75, 3.05) is 11.4 Å². The van der Waals surface area contributed by atoms with Crippen LogP contribution in [0.3, 0.4) is 0 Å². The van der Waals surface area contributed by atoms with E-state index in [-0.39, 0.29) is 12.5 Å². The highest BCUT2D eigenvalue weighted by molar-refractivity contribution is 5.68. The van der Waals surface area contributed by atoms with Crippen molar-refractivity contribution in [1.29, 1.82) is 0 Å². The number of aromatic nitrogens is 2. The number of hydrogen-bond donors (Lipinski definition) is 1. The lowest BCUT2D eigenvalue weighted by Crippen LogP contribution is -2.32. The molecule has 0 aromatic carbocycles. The van der Waals surface area contributed by atoms with Crippen molar-refractivity contribution in [2.45, 2.75) is 39.2 Å². The summed E-state index contributed by atoms with van der Waals surface area (Å²) in [5.74, 6) is -0.0856. The van der Waals surface area contributed by atoms with Crippen LogP contribution in [-0.4, -0.2) is 33.6 Å². The van der Waals surface area contributed by atoms with Gasteiger partial charge in [-0.05, 0) is 32.8 Å². The van der Waals surface area contributed by atoms with Crippen molar-refractivity contribution < 1.29 is 9.90 Å². The van der Waals surface area contributed by atoms with Gasteiger partial charge in [0.1, 0.15) is 0 Å². The molecule has 0 saturated carbocycles. The lowest BCUT2D eigenvalue weighted by Gasteiger charge is -2.23. The van der Waals surface area contributed by atoms with Crippen molar-refractivity contribution in [3.8, 4) is 0 Å². The van der Waals surface area contributed by atoms with Crippen molar-refractivity contribution in [2.24, 2.45) is 0 Å². The Balaban J connectivity index is 2.22. The minimum absolute atomic E-state index is 0.0358. The summed E-state index contributed by atoms with van der Waals surface area (Å²) in [5, 5.41) is 8.88. The Bertz CT molecular complexity index is 414. The molecule has 17 heavy (non-hydrogen) atoms. The van der Waals surface area contributed by atoms with Gasteiger partial charge < -0.3 is 10.0 Å². The normalized spacial score (nSPS) is 19.6. The average molecular weight is 235 g/mol. The van der Waals surface area contributed by atoms with Crippen molar-refractivity contribution in [1.82, 2.24) is 9.97 Å². The molecule has 0 radical (unpaired) electrons. The van der Waals surface area contributed by atoms with Gasteiger partial charge in [-0.2, -0.15) is 0 Å². The van der Waals surface area contributed by atoms with Crippen LogP contribution in [0, 0.1) is 13.8 Å². The molecule has 1 aliphatic rings. The fourth-order valence-electron chi connectivity index (χ4n) is 2.35. The number of hydrogen-bond acceptors (Lipinski definition) is 4. The molecule has 1 aliphatic heterocycles. The van der Waals surface area contributed by atoms with Crippen molar-refractivity contribution in [3.05, 3.63) is 17.5 Å². The number of aliphatic carboxylic acids is 1. The molecule has 0 amide bonds. The first-order chi connectivity index (χ1) is 8.06. The third kappa shape index (κ3) is 2.72. The van der Waals surface area contributed by atoms with Gasteiger partial charge in [0.25, 0.3) is 0 Å². The lowest BCUT2D eigenvalue weighted by atomic mass is 10.1. The lowest BCUT2D eigenvalue weighted by molar-refractivity contribution is -0.137. The van der Waals surface area contributed by atoms with E-state index in [9.17, 15) is 4.79 Å². The van der Waals surface area contributed by atoms with Crippen LogP contribution in [0.15, 0.2) is 6.07 Å². The maximum atomic E-state index is 10.8. The van der Waals surface area contributed by atoms with Crippen LogP contribution in [-0.2, 0) is 4.79 Å². The molecule has 5 heteroatoms. The van der Waals surface area contributed by atoms with E-state index in [0.717, 1.165) is 30.8 Å². The van der Waals surface area contributed by atoms with Crippen molar-refractivity contribution >= 4 is 11.9 Å². The smallest absolute Gasteiger partial charge is 0.305 e. The average Bonchev–Trinajstić information content (AvgIpc) is 2.63. The minimum atomic E-state index is -0.758. The van der Waals surface area contributed by atoms with E-state index < -0.39 is 5.97 Å². The van der Waals surface area contributed by atoms with E-state index in [4.69, 9.17) is 5.11 Å². The number of aryl methyl sites for hydroxylation is 2. The quantitative estimate of drug-likeness (QED) is 0.860. The van der Waals surface area contributed by atoms with Crippen LogP contribution >= 0.6 is 0 Å².